The molecule has 3 unspecified atom stereocenters. The lowest BCUT2D eigenvalue weighted by Gasteiger charge is -2.29. The average Bonchev–Trinajstić information content (AvgIpc) is 2.55. The Bertz CT molecular complexity index is 242. The molecule has 1 heterocycles. The summed E-state index contributed by atoms with van der Waals surface area (Å²) in [5.41, 5.74) is -0.332. The summed E-state index contributed by atoms with van der Waals surface area (Å²) in [7, 11) is 0. The molecule has 1 rings (SSSR count). The number of carbonyl (C=O) groups is 1. The van der Waals surface area contributed by atoms with Gasteiger partial charge in [0, 0.05) is 6.04 Å². The quantitative estimate of drug-likeness (QED) is 0.773. The van der Waals surface area contributed by atoms with E-state index in [1.807, 2.05) is 11.8 Å². The van der Waals surface area contributed by atoms with Crippen molar-refractivity contribution in [2.24, 2.45) is 5.92 Å². The molecule has 3 heteroatoms. The van der Waals surface area contributed by atoms with Crippen LogP contribution in [0.25, 0.3) is 0 Å². The van der Waals surface area contributed by atoms with Gasteiger partial charge in [-0.2, -0.15) is 0 Å². The molecule has 0 bridgehead atoms. The second-order valence-electron chi connectivity index (χ2n) is 4.92. The fourth-order valence-corrected chi connectivity index (χ4v) is 1.98. The normalized spacial score (nSPS) is 30.7. The van der Waals surface area contributed by atoms with Crippen LogP contribution in [-0.4, -0.2) is 29.1 Å². The highest BCUT2D eigenvalue weighted by molar-refractivity contribution is 5.88. The largest absolute Gasteiger partial charge is 0.325 e. The van der Waals surface area contributed by atoms with Crippen LogP contribution in [0.2, 0.25) is 0 Å². The Hall–Kier alpha value is -0.570. The van der Waals surface area contributed by atoms with E-state index in [-0.39, 0.29) is 11.4 Å². The average molecular weight is 212 g/mol. The van der Waals surface area contributed by atoms with Gasteiger partial charge in [-0.25, -0.2) is 0 Å². The third-order valence-corrected chi connectivity index (χ3v) is 4.04. The van der Waals surface area contributed by atoms with Crippen molar-refractivity contribution in [1.29, 1.82) is 0 Å². The van der Waals surface area contributed by atoms with Crippen LogP contribution in [0, 0.1) is 5.92 Å². The van der Waals surface area contributed by atoms with Crippen LogP contribution in [-0.2, 0) is 4.79 Å². The van der Waals surface area contributed by atoms with Gasteiger partial charge in [-0.05, 0) is 26.2 Å². The molecule has 0 aromatic rings. The molecule has 0 aromatic carbocycles. The summed E-state index contributed by atoms with van der Waals surface area (Å²) in [4.78, 5) is 14.2. The molecule has 1 fully saturated rings. The van der Waals surface area contributed by atoms with Gasteiger partial charge < -0.3 is 4.90 Å². The number of carbonyl (C=O) groups excluding carboxylic acids is 1. The minimum Gasteiger partial charge on any atom is -0.325 e. The summed E-state index contributed by atoms with van der Waals surface area (Å²) in [6.45, 7) is 11.3. The highest BCUT2D eigenvalue weighted by Crippen LogP contribution is 2.24. The molecule has 1 amide bonds. The molecule has 1 aliphatic rings. The topological polar surface area (TPSA) is 32.3 Å². The maximum absolute atomic E-state index is 12.2. The van der Waals surface area contributed by atoms with E-state index in [0.717, 1.165) is 12.8 Å². The van der Waals surface area contributed by atoms with Gasteiger partial charge in [-0.1, -0.05) is 27.2 Å². The van der Waals surface area contributed by atoms with Crippen LogP contribution in [0.5, 0.6) is 0 Å². The van der Waals surface area contributed by atoms with Gasteiger partial charge in [0.1, 0.15) is 0 Å². The predicted molar refractivity (Wildman–Crippen MR) is 62.5 cm³/mol. The van der Waals surface area contributed by atoms with Crippen molar-refractivity contribution in [2.75, 3.05) is 6.67 Å². The lowest BCUT2D eigenvalue weighted by atomic mass is 9.96. The van der Waals surface area contributed by atoms with Gasteiger partial charge in [-0.15, -0.1) is 0 Å². The van der Waals surface area contributed by atoms with Crippen molar-refractivity contribution in [3.63, 3.8) is 0 Å². The Kier molecular flexibility index (Phi) is 3.77. The number of amides is 1. The van der Waals surface area contributed by atoms with E-state index in [1.54, 1.807) is 0 Å². The van der Waals surface area contributed by atoms with Crippen LogP contribution in [0.1, 0.15) is 47.5 Å². The third kappa shape index (κ3) is 2.17. The fourth-order valence-electron chi connectivity index (χ4n) is 1.98. The van der Waals surface area contributed by atoms with Crippen molar-refractivity contribution in [3.8, 4) is 0 Å². The highest BCUT2D eigenvalue weighted by Gasteiger charge is 2.43. The van der Waals surface area contributed by atoms with Gasteiger partial charge in [0.25, 0.3) is 0 Å². The van der Waals surface area contributed by atoms with Crippen molar-refractivity contribution < 1.29 is 4.79 Å². The molecule has 1 saturated heterocycles. The Morgan fingerprint density at radius 1 is 1.47 bits per heavy atom. The van der Waals surface area contributed by atoms with Gasteiger partial charge >= 0.3 is 0 Å². The Morgan fingerprint density at radius 2 is 2.07 bits per heavy atom. The maximum atomic E-state index is 12.2. The summed E-state index contributed by atoms with van der Waals surface area (Å²) in [5, 5.41) is 3.32. The Morgan fingerprint density at radius 3 is 2.47 bits per heavy atom. The smallest absolute Gasteiger partial charge is 0.243 e. The number of nitrogens with one attached hydrogen (secondary N) is 1. The van der Waals surface area contributed by atoms with E-state index < -0.39 is 0 Å². The summed E-state index contributed by atoms with van der Waals surface area (Å²) in [5.74, 6) is 0.827. The second kappa shape index (κ2) is 4.52. The molecule has 3 atom stereocenters. The monoisotopic (exact) mass is 212 g/mol. The SMILES string of the molecule is CCC(C)C(C)N1CNC(C)(CC)C1=O. The first-order valence-electron chi connectivity index (χ1n) is 6.02. The first-order chi connectivity index (χ1) is 6.96. The van der Waals surface area contributed by atoms with E-state index in [2.05, 4.69) is 33.0 Å². The minimum absolute atomic E-state index is 0.262. The molecular formula is C12H24N2O. The predicted octanol–water partition coefficient (Wildman–Crippen LogP) is 1.98. The van der Waals surface area contributed by atoms with Crippen LogP contribution in [0.4, 0.5) is 0 Å². The zero-order chi connectivity index (χ0) is 11.6. The lowest BCUT2D eigenvalue weighted by molar-refractivity contribution is -0.134. The third-order valence-electron chi connectivity index (χ3n) is 4.04. The van der Waals surface area contributed by atoms with Gasteiger partial charge in [0.15, 0.2) is 0 Å². The zero-order valence-electron chi connectivity index (χ0n) is 10.6. The van der Waals surface area contributed by atoms with Crippen molar-refractivity contribution in [3.05, 3.63) is 0 Å². The van der Waals surface area contributed by atoms with Crippen LogP contribution in [0.3, 0.4) is 0 Å². The highest BCUT2D eigenvalue weighted by atomic mass is 16.2. The van der Waals surface area contributed by atoms with Crippen molar-refractivity contribution >= 4 is 5.91 Å². The first kappa shape index (κ1) is 12.5. The van der Waals surface area contributed by atoms with Crippen molar-refractivity contribution in [2.45, 2.75) is 59.0 Å². The van der Waals surface area contributed by atoms with Crippen LogP contribution >= 0.6 is 0 Å². The Balaban J connectivity index is 2.71. The molecule has 15 heavy (non-hydrogen) atoms. The molecule has 0 radical (unpaired) electrons. The zero-order valence-corrected chi connectivity index (χ0v) is 10.6. The summed E-state index contributed by atoms with van der Waals surface area (Å²) >= 11 is 0. The van der Waals surface area contributed by atoms with E-state index >= 15 is 0 Å². The molecule has 88 valence electrons. The molecule has 1 N–H and O–H groups in total. The molecule has 0 aliphatic carbocycles. The number of hydrogen-bond donors (Lipinski definition) is 1. The standard InChI is InChI=1S/C12H24N2O/c1-6-9(3)10(4)14-8-13-12(5,7-2)11(14)15/h9-10,13H,6-8H2,1-5H3. The van der Waals surface area contributed by atoms with Crippen LogP contribution < -0.4 is 5.32 Å². The maximum Gasteiger partial charge on any atom is 0.243 e. The molecule has 1 aliphatic heterocycles. The first-order valence-corrected chi connectivity index (χ1v) is 6.02. The number of nitrogens with zero attached hydrogens (tertiary/aromatic N) is 1. The molecule has 0 saturated carbocycles. The summed E-state index contributed by atoms with van der Waals surface area (Å²) < 4.78 is 0. The number of rotatable bonds is 4. The van der Waals surface area contributed by atoms with Crippen molar-refractivity contribution in [1.82, 2.24) is 10.2 Å². The molecule has 3 nitrogen and oxygen atoms in total. The van der Waals surface area contributed by atoms with E-state index in [1.165, 1.54) is 0 Å². The molecule has 0 aromatic heterocycles. The van der Waals surface area contributed by atoms with Gasteiger partial charge in [-0.3, -0.25) is 10.1 Å². The second-order valence-corrected chi connectivity index (χ2v) is 4.92. The molecule has 0 spiro atoms. The molecular weight excluding hydrogens is 188 g/mol. The lowest BCUT2D eigenvalue weighted by Crippen LogP contribution is -2.45. The number of hydrogen-bond acceptors (Lipinski definition) is 2. The summed E-state index contributed by atoms with van der Waals surface area (Å²) in [6, 6.07) is 0.336. The van der Waals surface area contributed by atoms with E-state index in [4.69, 9.17) is 0 Å². The fraction of sp³-hybridized carbons (Fsp3) is 0.917. The van der Waals surface area contributed by atoms with Crippen LogP contribution in [0.15, 0.2) is 0 Å². The van der Waals surface area contributed by atoms with E-state index in [9.17, 15) is 4.79 Å². The van der Waals surface area contributed by atoms with Gasteiger partial charge in [0.2, 0.25) is 5.91 Å². The Labute approximate surface area is 93.2 Å². The van der Waals surface area contributed by atoms with Gasteiger partial charge in [0.05, 0.1) is 12.2 Å². The minimum atomic E-state index is -0.332. The van der Waals surface area contributed by atoms with E-state index in [0.29, 0.717) is 18.6 Å². The summed E-state index contributed by atoms with van der Waals surface area (Å²) in [6.07, 6.45) is 1.98.